The summed E-state index contributed by atoms with van der Waals surface area (Å²) < 4.78 is 29.0. The van der Waals surface area contributed by atoms with Crippen molar-refractivity contribution >= 4 is 27.4 Å². The van der Waals surface area contributed by atoms with Gasteiger partial charge in [0.1, 0.15) is 4.90 Å². The molecule has 0 heterocycles. The molecule has 0 atom stereocenters. The molecule has 0 aliphatic rings. The van der Waals surface area contributed by atoms with E-state index in [0.29, 0.717) is 5.56 Å². The Kier molecular flexibility index (Phi) is 3.97. The average molecular weight is 292 g/mol. The van der Waals surface area contributed by atoms with Gasteiger partial charge in [0.2, 0.25) is 0 Å². The van der Waals surface area contributed by atoms with Gasteiger partial charge in [0, 0.05) is 12.5 Å². The largest absolute Gasteiger partial charge is 0.372 e. The van der Waals surface area contributed by atoms with E-state index < -0.39 is 10.1 Å². The molecule has 0 saturated heterocycles. The van der Waals surface area contributed by atoms with Gasteiger partial charge in [-0.3, -0.25) is 0 Å². The van der Waals surface area contributed by atoms with E-state index in [-0.39, 0.29) is 9.95 Å². The summed E-state index contributed by atoms with van der Waals surface area (Å²) in [5.74, 6) is 0. The lowest BCUT2D eigenvalue weighted by Gasteiger charge is -2.10. The number of thiocarbonyl (C=S) groups is 1. The summed E-state index contributed by atoms with van der Waals surface area (Å²) in [4.78, 5) is 0.116. The highest BCUT2D eigenvalue weighted by Gasteiger charge is 2.21. The molecule has 0 N–H and O–H groups in total. The molecule has 3 nitrogen and oxygen atoms in total. The summed E-state index contributed by atoms with van der Waals surface area (Å²) in [6.45, 7) is 1.43. The van der Waals surface area contributed by atoms with Crippen LogP contribution in [0.5, 0.6) is 0 Å². The van der Waals surface area contributed by atoms with E-state index in [1.165, 1.54) is 13.0 Å². The van der Waals surface area contributed by atoms with Crippen LogP contribution in [0.25, 0.3) is 11.1 Å². The van der Waals surface area contributed by atoms with Gasteiger partial charge in [-0.15, -0.1) is 0 Å². The standard InChI is InChI=1S/C14H12O3S2/c1-11(18)17-19(15,16)14-10-6-5-9-13(14)12-7-3-2-4-8-12/h2-10H,1H3. The predicted octanol–water partition coefficient (Wildman–Crippen LogP) is 3.41. The van der Waals surface area contributed by atoms with Crippen molar-refractivity contribution in [1.82, 2.24) is 0 Å². The maximum atomic E-state index is 12.1. The van der Waals surface area contributed by atoms with E-state index in [0.717, 1.165) is 5.56 Å². The van der Waals surface area contributed by atoms with Crippen LogP contribution in [0.15, 0.2) is 59.5 Å². The molecule has 2 rings (SSSR count). The molecule has 0 saturated carbocycles. The third-order valence-corrected chi connectivity index (χ3v) is 4.02. The lowest BCUT2D eigenvalue weighted by Crippen LogP contribution is -2.10. The normalized spacial score (nSPS) is 11.0. The van der Waals surface area contributed by atoms with Crippen LogP contribution in [-0.4, -0.2) is 13.5 Å². The van der Waals surface area contributed by atoms with Gasteiger partial charge in [0.05, 0.1) is 0 Å². The Morgan fingerprint density at radius 3 is 2.21 bits per heavy atom. The van der Waals surface area contributed by atoms with Crippen LogP contribution in [-0.2, 0) is 14.3 Å². The second-order valence-corrected chi connectivity index (χ2v) is 5.98. The third-order valence-electron chi connectivity index (χ3n) is 2.47. The van der Waals surface area contributed by atoms with Crippen molar-refractivity contribution in [2.24, 2.45) is 0 Å². The molecule has 0 amide bonds. The van der Waals surface area contributed by atoms with Crippen molar-refractivity contribution in [1.29, 1.82) is 0 Å². The lowest BCUT2D eigenvalue weighted by atomic mass is 10.1. The van der Waals surface area contributed by atoms with Crippen molar-refractivity contribution in [2.75, 3.05) is 0 Å². The summed E-state index contributed by atoms with van der Waals surface area (Å²) in [6.07, 6.45) is 0. The molecule has 0 unspecified atom stereocenters. The molecule has 0 spiro atoms. The molecule has 0 aromatic heterocycles. The molecule has 5 heteroatoms. The van der Waals surface area contributed by atoms with Crippen molar-refractivity contribution < 1.29 is 12.6 Å². The lowest BCUT2D eigenvalue weighted by molar-refractivity contribution is 0.487. The summed E-state index contributed by atoms with van der Waals surface area (Å²) in [6, 6.07) is 16.0. The zero-order chi connectivity index (χ0) is 13.9. The van der Waals surface area contributed by atoms with Crippen molar-refractivity contribution in [3.05, 3.63) is 54.6 Å². The van der Waals surface area contributed by atoms with Crippen LogP contribution >= 0.6 is 12.2 Å². The molecule has 0 aliphatic heterocycles. The average Bonchev–Trinajstić information content (AvgIpc) is 2.38. The number of hydrogen-bond donors (Lipinski definition) is 0. The minimum Gasteiger partial charge on any atom is -0.372 e. The first kappa shape index (κ1) is 13.7. The van der Waals surface area contributed by atoms with E-state index in [1.807, 2.05) is 30.3 Å². The van der Waals surface area contributed by atoms with Gasteiger partial charge < -0.3 is 4.18 Å². The van der Waals surface area contributed by atoms with Gasteiger partial charge in [0.15, 0.2) is 5.05 Å². The first-order chi connectivity index (χ1) is 9.00. The van der Waals surface area contributed by atoms with Gasteiger partial charge in [-0.05, 0) is 23.8 Å². The van der Waals surface area contributed by atoms with Crippen molar-refractivity contribution in [3.63, 3.8) is 0 Å². The Morgan fingerprint density at radius 2 is 1.58 bits per heavy atom. The zero-order valence-electron chi connectivity index (χ0n) is 10.2. The molecule has 0 radical (unpaired) electrons. The van der Waals surface area contributed by atoms with Gasteiger partial charge in [-0.2, -0.15) is 8.42 Å². The Bertz CT molecular complexity index is 692. The maximum absolute atomic E-state index is 12.1. The van der Waals surface area contributed by atoms with Crippen LogP contribution in [0, 0.1) is 0 Å². The number of rotatable bonds is 3. The summed E-state index contributed by atoms with van der Waals surface area (Å²) in [5.41, 5.74) is 1.41. The van der Waals surface area contributed by atoms with E-state index in [4.69, 9.17) is 16.4 Å². The quantitative estimate of drug-likeness (QED) is 0.642. The van der Waals surface area contributed by atoms with Crippen LogP contribution in [0.1, 0.15) is 6.92 Å². The first-order valence-corrected chi connectivity index (χ1v) is 7.42. The van der Waals surface area contributed by atoms with Gasteiger partial charge in [-0.25, -0.2) is 0 Å². The molecule has 2 aromatic carbocycles. The fraction of sp³-hybridized carbons (Fsp3) is 0.0714. The van der Waals surface area contributed by atoms with E-state index in [2.05, 4.69) is 0 Å². The highest BCUT2D eigenvalue weighted by molar-refractivity contribution is 7.89. The van der Waals surface area contributed by atoms with E-state index in [1.54, 1.807) is 18.2 Å². The van der Waals surface area contributed by atoms with E-state index in [9.17, 15) is 8.42 Å². The van der Waals surface area contributed by atoms with Crippen LogP contribution < -0.4 is 0 Å². The fourth-order valence-electron chi connectivity index (χ4n) is 1.74. The van der Waals surface area contributed by atoms with Gasteiger partial charge >= 0.3 is 10.1 Å². The predicted molar refractivity (Wildman–Crippen MR) is 78.4 cm³/mol. The minimum absolute atomic E-state index is 0.0251. The zero-order valence-corrected chi connectivity index (χ0v) is 11.9. The van der Waals surface area contributed by atoms with Crippen LogP contribution in [0.3, 0.4) is 0 Å². The maximum Gasteiger partial charge on any atom is 0.340 e. The third kappa shape index (κ3) is 3.19. The molecule has 0 fully saturated rings. The van der Waals surface area contributed by atoms with Crippen molar-refractivity contribution in [2.45, 2.75) is 11.8 Å². The smallest absolute Gasteiger partial charge is 0.340 e. The SMILES string of the molecule is CC(=S)OS(=O)(=O)c1ccccc1-c1ccccc1. The van der Waals surface area contributed by atoms with E-state index >= 15 is 0 Å². The topological polar surface area (TPSA) is 43.4 Å². The summed E-state index contributed by atoms with van der Waals surface area (Å²) in [5, 5.41) is -0.0251. The first-order valence-electron chi connectivity index (χ1n) is 5.60. The van der Waals surface area contributed by atoms with Crippen LogP contribution in [0.2, 0.25) is 0 Å². The van der Waals surface area contributed by atoms with Crippen LogP contribution in [0.4, 0.5) is 0 Å². The molecule has 19 heavy (non-hydrogen) atoms. The highest BCUT2D eigenvalue weighted by atomic mass is 32.2. The number of benzene rings is 2. The fourth-order valence-corrected chi connectivity index (χ4v) is 3.11. The second-order valence-electron chi connectivity index (χ2n) is 3.89. The molecule has 0 bridgehead atoms. The molecule has 2 aromatic rings. The monoisotopic (exact) mass is 292 g/mol. The molecular formula is C14H12O3S2. The molecular weight excluding hydrogens is 280 g/mol. The Hall–Kier alpha value is -1.72. The highest BCUT2D eigenvalue weighted by Crippen LogP contribution is 2.28. The van der Waals surface area contributed by atoms with Gasteiger partial charge in [-0.1, -0.05) is 48.5 Å². The molecule has 98 valence electrons. The number of hydrogen-bond acceptors (Lipinski definition) is 4. The Labute approximate surface area is 118 Å². The Morgan fingerprint density at radius 1 is 1.00 bits per heavy atom. The van der Waals surface area contributed by atoms with Gasteiger partial charge in [0.25, 0.3) is 0 Å². The summed E-state index contributed by atoms with van der Waals surface area (Å²) in [7, 11) is -3.88. The summed E-state index contributed by atoms with van der Waals surface area (Å²) >= 11 is 4.70. The minimum atomic E-state index is -3.88. The second kappa shape index (κ2) is 5.50. The molecule has 0 aliphatic carbocycles. The van der Waals surface area contributed by atoms with Crippen molar-refractivity contribution in [3.8, 4) is 11.1 Å². The Balaban J connectivity index is 2.58.